The summed E-state index contributed by atoms with van der Waals surface area (Å²) in [5.41, 5.74) is 2.63. The number of aromatic nitrogens is 1. The van der Waals surface area contributed by atoms with E-state index in [1.54, 1.807) is 48.3 Å². The number of nitrogens with one attached hydrogen (secondary N) is 2. The largest absolute Gasteiger partial charge is 0.416 e. The van der Waals surface area contributed by atoms with Gasteiger partial charge in [-0.15, -0.1) is 0 Å². The number of morpholine rings is 2. The van der Waals surface area contributed by atoms with Gasteiger partial charge in [-0.3, -0.25) is 24.3 Å². The minimum absolute atomic E-state index is 0.0121. The van der Waals surface area contributed by atoms with Crippen molar-refractivity contribution in [1.29, 1.82) is 0 Å². The van der Waals surface area contributed by atoms with Gasteiger partial charge in [0.05, 0.1) is 42.4 Å². The van der Waals surface area contributed by atoms with Gasteiger partial charge < -0.3 is 29.9 Å². The second-order valence-corrected chi connectivity index (χ2v) is 13.9. The molecule has 0 radical (unpaired) electrons. The number of carbonyl (C=O) groups excluding carboxylic acids is 3. The first kappa shape index (κ1) is 39.4. The van der Waals surface area contributed by atoms with Gasteiger partial charge in [-0.2, -0.15) is 13.2 Å². The lowest BCUT2D eigenvalue weighted by Crippen LogP contribution is -2.45. The first-order valence-corrected chi connectivity index (χ1v) is 18.3. The van der Waals surface area contributed by atoms with Crippen LogP contribution < -0.4 is 15.5 Å². The van der Waals surface area contributed by atoms with Crippen LogP contribution in [0.1, 0.15) is 56.0 Å². The third kappa shape index (κ3) is 10.3. The third-order valence-corrected chi connectivity index (χ3v) is 9.62. The normalized spacial score (nSPS) is 17.7. The molecule has 0 spiro atoms. The summed E-state index contributed by atoms with van der Waals surface area (Å²) in [5.74, 6) is -1.15. The molecule has 6 rings (SSSR count). The van der Waals surface area contributed by atoms with E-state index in [0.717, 1.165) is 37.5 Å². The molecule has 1 unspecified atom stereocenters. The van der Waals surface area contributed by atoms with Crippen molar-refractivity contribution in [2.75, 3.05) is 69.7 Å². The fourth-order valence-corrected chi connectivity index (χ4v) is 6.73. The Hall–Kier alpha value is -5.31. The van der Waals surface area contributed by atoms with Crippen LogP contribution in [0.5, 0.6) is 0 Å². The van der Waals surface area contributed by atoms with E-state index in [-0.39, 0.29) is 35.8 Å². The predicted octanol–water partition coefficient (Wildman–Crippen LogP) is 5.97. The molecule has 11 nitrogen and oxygen atoms in total. The molecule has 1 aromatic heterocycles. The molecule has 0 saturated carbocycles. The van der Waals surface area contributed by atoms with E-state index in [1.807, 2.05) is 26.0 Å². The molecule has 2 saturated heterocycles. The number of nitrogens with zero attached hydrogens (tertiary/aromatic N) is 4. The zero-order valence-electron chi connectivity index (χ0n) is 31.1. The molecule has 2 N–H and O–H groups in total. The SMILES string of the molecule is CC1CN(c2ccc(NC(=O)c3cccc(C(=O)N(C)CCN4CCOCC4)c3)c(-c3cc(C(=O)NCc4cccc(C(F)(F)F)c4)ccn3)c2)C[C@@H](C)O1. The van der Waals surface area contributed by atoms with Crippen molar-refractivity contribution in [3.63, 3.8) is 0 Å². The number of rotatable bonds is 11. The van der Waals surface area contributed by atoms with E-state index >= 15 is 0 Å². The van der Waals surface area contributed by atoms with Crippen LogP contribution in [0.2, 0.25) is 0 Å². The van der Waals surface area contributed by atoms with Crippen LogP contribution in [0, 0.1) is 0 Å². The van der Waals surface area contributed by atoms with Crippen molar-refractivity contribution in [2.45, 2.75) is 38.8 Å². The van der Waals surface area contributed by atoms with Gasteiger partial charge in [0, 0.05) is 87.0 Å². The molecule has 2 atom stereocenters. The van der Waals surface area contributed by atoms with Crippen LogP contribution in [0.15, 0.2) is 85.1 Å². The summed E-state index contributed by atoms with van der Waals surface area (Å²) >= 11 is 0. The van der Waals surface area contributed by atoms with Gasteiger partial charge in [0.1, 0.15) is 0 Å². The number of hydrogen-bond acceptors (Lipinski definition) is 8. The average Bonchev–Trinajstić information content (AvgIpc) is 3.18. The van der Waals surface area contributed by atoms with Crippen LogP contribution in [0.25, 0.3) is 11.3 Å². The monoisotopic (exact) mass is 758 g/mol. The molecule has 55 heavy (non-hydrogen) atoms. The molecule has 4 aromatic rings. The van der Waals surface area contributed by atoms with E-state index in [0.29, 0.717) is 60.9 Å². The van der Waals surface area contributed by atoms with Crippen LogP contribution in [0.3, 0.4) is 0 Å². The lowest BCUT2D eigenvalue weighted by atomic mass is 10.0. The topological polar surface area (TPSA) is 116 Å². The highest BCUT2D eigenvalue weighted by molar-refractivity contribution is 6.08. The van der Waals surface area contributed by atoms with E-state index in [4.69, 9.17) is 9.47 Å². The zero-order valence-corrected chi connectivity index (χ0v) is 31.1. The Morgan fingerprint density at radius 2 is 1.58 bits per heavy atom. The highest BCUT2D eigenvalue weighted by atomic mass is 19.4. The maximum atomic E-state index is 13.8. The van der Waals surface area contributed by atoms with E-state index in [1.165, 1.54) is 24.4 Å². The summed E-state index contributed by atoms with van der Waals surface area (Å²) in [7, 11) is 1.74. The molecule has 2 aliphatic rings. The van der Waals surface area contributed by atoms with E-state index in [2.05, 4.69) is 25.4 Å². The highest BCUT2D eigenvalue weighted by Crippen LogP contribution is 2.34. The first-order chi connectivity index (χ1) is 26.3. The van der Waals surface area contributed by atoms with Gasteiger partial charge >= 0.3 is 6.18 Å². The number of ether oxygens (including phenoxy) is 2. The molecule has 3 heterocycles. The Balaban J connectivity index is 1.23. The van der Waals surface area contributed by atoms with Crippen LogP contribution in [-0.4, -0.2) is 104 Å². The number of benzene rings is 3. The quantitative estimate of drug-likeness (QED) is 0.193. The second kappa shape index (κ2) is 17.4. The summed E-state index contributed by atoms with van der Waals surface area (Å²) in [6.07, 6.45) is -3.06. The van der Waals surface area contributed by atoms with Crippen molar-refractivity contribution >= 4 is 29.1 Å². The maximum Gasteiger partial charge on any atom is 0.416 e. The fraction of sp³-hybridized carbons (Fsp3) is 0.366. The van der Waals surface area contributed by atoms with Crippen molar-refractivity contribution < 1.29 is 37.0 Å². The average molecular weight is 759 g/mol. The Labute approximate surface area is 318 Å². The molecule has 3 amide bonds. The van der Waals surface area contributed by atoms with Gasteiger partial charge in [0.15, 0.2) is 0 Å². The standard InChI is InChI=1S/C41H45F3N6O5/c1-27-25-50(26-28(2)55-27)34-10-11-36(47-39(52)30-7-5-8-32(21-30)40(53)48(3)14-15-49-16-18-54-19-17-49)35(23-34)37-22-31(12-13-45-37)38(51)46-24-29-6-4-9-33(20-29)41(42,43)44/h4-13,20-23,27-28H,14-19,24-26H2,1-3H3,(H,46,51)(H,47,52)/t27-,28?/m1/s1. The highest BCUT2D eigenvalue weighted by Gasteiger charge is 2.30. The predicted molar refractivity (Wildman–Crippen MR) is 203 cm³/mol. The van der Waals surface area contributed by atoms with Crippen molar-refractivity contribution in [3.8, 4) is 11.3 Å². The smallest absolute Gasteiger partial charge is 0.379 e. The number of alkyl halides is 3. The molecule has 2 aliphatic heterocycles. The number of carbonyl (C=O) groups is 3. The Bertz CT molecular complexity index is 1990. The minimum atomic E-state index is -4.50. The lowest BCUT2D eigenvalue weighted by Gasteiger charge is -2.37. The number of amides is 3. The molecule has 14 heteroatoms. The molecule has 3 aromatic carbocycles. The number of anilines is 2. The molecular formula is C41H45F3N6O5. The molecule has 0 bridgehead atoms. The van der Waals surface area contributed by atoms with Crippen molar-refractivity contribution in [2.24, 2.45) is 0 Å². The minimum Gasteiger partial charge on any atom is -0.379 e. The van der Waals surface area contributed by atoms with E-state index in [9.17, 15) is 27.6 Å². The van der Waals surface area contributed by atoms with Crippen molar-refractivity contribution in [3.05, 3.63) is 113 Å². The van der Waals surface area contributed by atoms with Gasteiger partial charge in [-0.05, 0) is 80.1 Å². The number of halogens is 3. The number of likely N-dealkylation sites (N-methyl/N-ethyl adjacent to an activating group) is 1. The van der Waals surface area contributed by atoms with Crippen LogP contribution in [-0.2, 0) is 22.2 Å². The maximum absolute atomic E-state index is 13.8. The first-order valence-electron chi connectivity index (χ1n) is 18.3. The van der Waals surface area contributed by atoms with Gasteiger partial charge in [0.25, 0.3) is 17.7 Å². The summed E-state index contributed by atoms with van der Waals surface area (Å²) < 4.78 is 51.1. The summed E-state index contributed by atoms with van der Waals surface area (Å²) in [6.45, 7) is 9.41. The van der Waals surface area contributed by atoms with E-state index < -0.39 is 23.6 Å². The van der Waals surface area contributed by atoms with Crippen molar-refractivity contribution in [1.82, 2.24) is 20.1 Å². The second-order valence-electron chi connectivity index (χ2n) is 13.9. The number of hydrogen-bond donors (Lipinski definition) is 2. The van der Waals surface area contributed by atoms with Crippen LogP contribution >= 0.6 is 0 Å². The molecule has 290 valence electrons. The van der Waals surface area contributed by atoms with Gasteiger partial charge in [0.2, 0.25) is 0 Å². The fourth-order valence-electron chi connectivity index (χ4n) is 6.73. The lowest BCUT2D eigenvalue weighted by molar-refractivity contribution is -0.137. The third-order valence-electron chi connectivity index (χ3n) is 9.62. The summed E-state index contributed by atoms with van der Waals surface area (Å²) in [5, 5.41) is 5.69. The van der Waals surface area contributed by atoms with Gasteiger partial charge in [-0.1, -0.05) is 18.2 Å². The molecule has 2 fully saturated rings. The molecule has 0 aliphatic carbocycles. The Morgan fingerprint density at radius 3 is 2.33 bits per heavy atom. The van der Waals surface area contributed by atoms with Gasteiger partial charge in [-0.25, -0.2) is 0 Å². The summed E-state index contributed by atoms with van der Waals surface area (Å²) in [4.78, 5) is 51.0. The van der Waals surface area contributed by atoms with Crippen LogP contribution in [0.4, 0.5) is 24.5 Å². The zero-order chi connectivity index (χ0) is 39.1. The summed E-state index contributed by atoms with van der Waals surface area (Å²) in [6, 6.07) is 20.0. The Kier molecular flexibility index (Phi) is 12.5. The molecular weight excluding hydrogens is 713 g/mol. The Morgan fingerprint density at radius 1 is 0.873 bits per heavy atom. The number of pyridine rings is 1.